The largest absolute Gasteiger partial charge is 0.388 e. The maximum atomic E-state index is 12.9. The van der Waals surface area contributed by atoms with Crippen LogP contribution in [0.5, 0.6) is 0 Å². The summed E-state index contributed by atoms with van der Waals surface area (Å²) < 4.78 is 2.86. The van der Waals surface area contributed by atoms with Crippen molar-refractivity contribution in [1.82, 2.24) is 24.6 Å². The first-order valence-corrected chi connectivity index (χ1v) is 9.17. The first kappa shape index (κ1) is 16.2. The maximum absolute atomic E-state index is 12.9. The Balaban J connectivity index is 1.55. The molecule has 1 atom stereocenters. The second kappa shape index (κ2) is 6.53. The van der Waals surface area contributed by atoms with Crippen LogP contribution in [0, 0.1) is 0 Å². The van der Waals surface area contributed by atoms with Crippen LogP contribution in [0.2, 0.25) is 0 Å². The molecule has 3 aromatic rings. The van der Waals surface area contributed by atoms with Crippen molar-refractivity contribution in [1.29, 1.82) is 0 Å². The van der Waals surface area contributed by atoms with E-state index in [0.29, 0.717) is 17.9 Å². The maximum Gasteiger partial charge on any atom is 0.253 e. The molecule has 1 aliphatic rings. The van der Waals surface area contributed by atoms with Crippen molar-refractivity contribution in [2.75, 3.05) is 13.1 Å². The van der Waals surface area contributed by atoms with Gasteiger partial charge in [-0.2, -0.15) is 0 Å². The van der Waals surface area contributed by atoms with E-state index >= 15 is 0 Å². The highest BCUT2D eigenvalue weighted by Gasteiger charge is 2.29. The van der Waals surface area contributed by atoms with Crippen molar-refractivity contribution in [3.05, 3.63) is 40.9 Å². The molecule has 2 aromatic heterocycles. The minimum atomic E-state index is -0.131. The van der Waals surface area contributed by atoms with Gasteiger partial charge in [-0.05, 0) is 31.0 Å². The van der Waals surface area contributed by atoms with E-state index in [1.54, 1.807) is 16.8 Å². The quantitative estimate of drug-likeness (QED) is 0.774. The fourth-order valence-corrected chi connectivity index (χ4v) is 4.13. The van der Waals surface area contributed by atoms with Crippen LogP contribution in [0.15, 0.2) is 23.7 Å². The minimum Gasteiger partial charge on any atom is -0.388 e. The van der Waals surface area contributed by atoms with Gasteiger partial charge in [-0.3, -0.25) is 4.79 Å². The Bertz CT molecular complexity index is 919. The van der Waals surface area contributed by atoms with Gasteiger partial charge in [0.2, 0.25) is 0 Å². The van der Waals surface area contributed by atoms with Gasteiger partial charge in [0.1, 0.15) is 12.4 Å². The number of carbonyl (C=O) groups excluding carboxylic acids is 1. The van der Waals surface area contributed by atoms with Gasteiger partial charge < -0.3 is 14.6 Å². The molecular weight excluding hydrogens is 338 g/mol. The Morgan fingerprint density at radius 1 is 1.40 bits per heavy atom. The van der Waals surface area contributed by atoms with Gasteiger partial charge >= 0.3 is 0 Å². The van der Waals surface area contributed by atoms with E-state index < -0.39 is 0 Å². The average molecular weight is 357 g/mol. The van der Waals surface area contributed by atoms with Gasteiger partial charge in [0, 0.05) is 31.6 Å². The first-order valence-electron chi connectivity index (χ1n) is 8.29. The molecule has 8 heteroatoms. The Labute approximate surface area is 148 Å². The van der Waals surface area contributed by atoms with E-state index in [0.717, 1.165) is 35.4 Å². The zero-order valence-corrected chi connectivity index (χ0v) is 14.7. The summed E-state index contributed by atoms with van der Waals surface area (Å²) in [5, 5.41) is 17.5. The number of thiazole rings is 1. The van der Waals surface area contributed by atoms with Crippen LogP contribution >= 0.6 is 11.3 Å². The number of likely N-dealkylation sites (tertiary alicyclic amines) is 1. The minimum absolute atomic E-state index is 0.0459. The summed E-state index contributed by atoms with van der Waals surface area (Å²) in [5.41, 5.74) is 3.42. The van der Waals surface area contributed by atoms with Crippen LogP contribution in [-0.4, -0.2) is 48.8 Å². The summed E-state index contributed by atoms with van der Waals surface area (Å²) in [6.45, 7) is 1.24. The van der Waals surface area contributed by atoms with E-state index in [-0.39, 0.29) is 18.4 Å². The summed E-state index contributed by atoms with van der Waals surface area (Å²) in [5.74, 6) is 1.57. The third kappa shape index (κ3) is 2.91. The monoisotopic (exact) mass is 357 g/mol. The number of amides is 1. The topological polar surface area (TPSA) is 84.1 Å². The molecule has 0 aliphatic carbocycles. The Hall–Kier alpha value is -2.32. The lowest BCUT2D eigenvalue weighted by Crippen LogP contribution is -2.39. The first-order chi connectivity index (χ1) is 12.2. The molecule has 1 aliphatic heterocycles. The van der Waals surface area contributed by atoms with Gasteiger partial charge in [0.15, 0.2) is 5.82 Å². The summed E-state index contributed by atoms with van der Waals surface area (Å²) in [6, 6.07) is 5.67. The highest BCUT2D eigenvalue weighted by Crippen LogP contribution is 2.27. The average Bonchev–Trinajstić information content (AvgIpc) is 3.26. The van der Waals surface area contributed by atoms with Crippen LogP contribution < -0.4 is 0 Å². The van der Waals surface area contributed by atoms with Gasteiger partial charge in [0.25, 0.3) is 5.91 Å². The highest BCUT2D eigenvalue weighted by atomic mass is 32.1. The number of benzene rings is 1. The Morgan fingerprint density at radius 3 is 3.08 bits per heavy atom. The van der Waals surface area contributed by atoms with Crippen molar-refractivity contribution in [2.45, 2.75) is 25.4 Å². The summed E-state index contributed by atoms with van der Waals surface area (Å²) in [4.78, 5) is 19.1. The van der Waals surface area contributed by atoms with Crippen LogP contribution in [0.25, 0.3) is 10.2 Å². The number of fused-ring (bicyclic) bond motifs is 1. The molecule has 1 N–H and O–H groups in total. The fraction of sp³-hybridized carbons (Fsp3) is 0.412. The molecule has 1 unspecified atom stereocenters. The SMILES string of the molecule is Cn1c(CO)nnc1C1CCCN(C(=O)c2ccc3ncsc3c2)C1. The third-order valence-corrected chi connectivity index (χ3v) is 5.58. The normalized spacial score (nSPS) is 18.0. The number of aliphatic hydroxyl groups excluding tert-OH is 1. The van der Waals surface area contributed by atoms with E-state index in [9.17, 15) is 9.90 Å². The standard InChI is InChI=1S/C17H19N5O2S/c1-21-15(9-23)19-20-16(21)12-3-2-6-22(8-12)17(24)11-4-5-13-14(7-11)25-10-18-13/h4-5,7,10,12,23H,2-3,6,8-9H2,1H3. The third-order valence-electron chi connectivity index (χ3n) is 4.79. The zero-order chi connectivity index (χ0) is 17.4. The predicted octanol–water partition coefficient (Wildman–Crippen LogP) is 1.94. The summed E-state index contributed by atoms with van der Waals surface area (Å²) >= 11 is 1.54. The molecular formula is C17H19N5O2S. The second-order valence-electron chi connectivity index (χ2n) is 6.32. The molecule has 1 amide bonds. The van der Waals surface area contributed by atoms with Crippen molar-refractivity contribution in [2.24, 2.45) is 7.05 Å². The van der Waals surface area contributed by atoms with Gasteiger partial charge in [-0.25, -0.2) is 4.98 Å². The van der Waals surface area contributed by atoms with Crippen LogP contribution in [0.1, 0.15) is 40.8 Å². The van der Waals surface area contributed by atoms with E-state index in [1.807, 2.05) is 34.7 Å². The van der Waals surface area contributed by atoms with Crippen LogP contribution in [0.3, 0.4) is 0 Å². The molecule has 130 valence electrons. The molecule has 0 radical (unpaired) electrons. The lowest BCUT2D eigenvalue weighted by Gasteiger charge is -2.32. The molecule has 7 nitrogen and oxygen atoms in total. The lowest BCUT2D eigenvalue weighted by molar-refractivity contribution is 0.0703. The molecule has 0 bridgehead atoms. The van der Waals surface area contributed by atoms with Crippen molar-refractivity contribution >= 4 is 27.5 Å². The molecule has 1 aromatic carbocycles. The van der Waals surface area contributed by atoms with E-state index in [4.69, 9.17) is 0 Å². The van der Waals surface area contributed by atoms with E-state index in [1.165, 1.54) is 0 Å². The summed E-state index contributed by atoms with van der Waals surface area (Å²) in [6.07, 6.45) is 1.90. The molecule has 4 rings (SSSR count). The predicted molar refractivity (Wildman–Crippen MR) is 94.4 cm³/mol. The Kier molecular flexibility index (Phi) is 4.22. The van der Waals surface area contributed by atoms with Gasteiger partial charge in [-0.15, -0.1) is 21.5 Å². The fourth-order valence-electron chi connectivity index (χ4n) is 3.41. The smallest absolute Gasteiger partial charge is 0.253 e. The van der Waals surface area contributed by atoms with E-state index in [2.05, 4.69) is 15.2 Å². The second-order valence-corrected chi connectivity index (χ2v) is 7.20. The molecule has 3 heterocycles. The number of hydrogen-bond acceptors (Lipinski definition) is 6. The number of carbonyl (C=O) groups is 1. The number of hydrogen-bond donors (Lipinski definition) is 1. The molecule has 0 saturated carbocycles. The molecule has 1 fully saturated rings. The number of aliphatic hydroxyl groups is 1. The molecule has 25 heavy (non-hydrogen) atoms. The van der Waals surface area contributed by atoms with Gasteiger partial charge in [0.05, 0.1) is 15.7 Å². The van der Waals surface area contributed by atoms with Crippen molar-refractivity contribution < 1.29 is 9.90 Å². The number of aromatic nitrogens is 4. The van der Waals surface area contributed by atoms with Crippen LogP contribution in [0.4, 0.5) is 0 Å². The van der Waals surface area contributed by atoms with Crippen molar-refractivity contribution in [3.8, 4) is 0 Å². The number of rotatable bonds is 3. The number of nitrogens with zero attached hydrogens (tertiary/aromatic N) is 5. The van der Waals surface area contributed by atoms with Crippen LogP contribution in [-0.2, 0) is 13.7 Å². The van der Waals surface area contributed by atoms with Crippen molar-refractivity contribution in [3.63, 3.8) is 0 Å². The Morgan fingerprint density at radius 2 is 2.28 bits per heavy atom. The van der Waals surface area contributed by atoms with Gasteiger partial charge in [-0.1, -0.05) is 0 Å². The number of piperidine rings is 1. The molecule has 0 spiro atoms. The summed E-state index contributed by atoms with van der Waals surface area (Å²) in [7, 11) is 1.86. The zero-order valence-electron chi connectivity index (χ0n) is 13.9. The highest BCUT2D eigenvalue weighted by molar-refractivity contribution is 7.16. The molecule has 1 saturated heterocycles. The lowest BCUT2D eigenvalue weighted by atomic mass is 9.96.